The summed E-state index contributed by atoms with van der Waals surface area (Å²) in [7, 11) is 2.08. The van der Waals surface area contributed by atoms with Crippen LogP contribution in [0.3, 0.4) is 0 Å². The Morgan fingerprint density at radius 2 is 1.84 bits per heavy atom. The molecule has 0 aliphatic heterocycles. The van der Waals surface area contributed by atoms with E-state index < -0.39 is 5.60 Å². The Hall–Kier alpha value is -1.82. The van der Waals surface area contributed by atoms with Gasteiger partial charge in [0.2, 0.25) is 0 Å². The number of rotatable bonds is 6. The van der Waals surface area contributed by atoms with Gasteiger partial charge in [-0.1, -0.05) is 42.2 Å². The van der Waals surface area contributed by atoms with Gasteiger partial charge < -0.3 is 5.11 Å². The van der Waals surface area contributed by atoms with Crippen molar-refractivity contribution >= 4 is 5.57 Å². The lowest BCUT2D eigenvalue weighted by molar-refractivity contribution is 0.0784. The Balaban J connectivity index is 2.84. The van der Waals surface area contributed by atoms with Crippen molar-refractivity contribution in [3.63, 3.8) is 0 Å². The first-order valence-corrected chi connectivity index (χ1v) is 8.77. The number of aliphatic hydroxyl groups is 1. The van der Waals surface area contributed by atoms with Gasteiger partial charge in [-0.25, -0.2) is 0 Å². The molecule has 0 atom stereocenters. The van der Waals surface area contributed by atoms with Crippen LogP contribution < -0.4 is 0 Å². The van der Waals surface area contributed by atoms with Crippen molar-refractivity contribution in [1.29, 1.82) is 0 Å². The molecule has 0 unspecified atom stereocenters. The second kappa shape index (κ2) is 8.52. The van der Waals surface area contributed by atoms with Gasteiger partial charge in [0.15, 0.2) is 0 Å². The monoisotopic (exact) mass is 339 g/mol. The molecule has 1 N–H and O–H groups in total. The maximum absolute atomic E-state index is 10.4. The van der Waals surface area contributed by atoms with Crippen LogP contribution in [0.1, 0.15) is 58.2 Å². The third-order valence-corrected chi connectivity index (χ3v) is 3.71. The molecule has 0 amide bonds. The van der Waals surface area contributed by atoms with Gasteiger partial charge in [-0.3, -0.25) is 4.90 Å². The standard InChI is InChI=1S/C23H33NO/c1-18(2)20-14-19(15-21(16-20)23(6,7)25)17-24(8)13-11-9-10-12-22(3,4)5/h9,11,14-16,25H,1,13,17H2,2-8H3. The molecule has 0 saturated heterocycles. The van der Waals surface area contributed by atoms with Crippen molar-refractivity contribution in [3.8, 4) is 11.8 Å². The van der Waals surface area contributed by atoms with Crippen LogP contribution in [0, 0.1) is 17.3 Å². The fourth-order valence-electron chi connectivity index (χ4n) is 2.31. The van der Waals surface area contributed by atoms with Gasteiger partial charge in [0.25, 0.3) is 0 Å². The van der Waals surface area contributed by atoms with E-state index in [1.165, 1.54) is 5.56 Å². The largest absolute Gasteiger partial charge is 0.386 e. The number of nitrogens with zero attached hydrogens (tertiary/aromatic N) is 1. The Bertz CT molecular complexity index is 688. The first-order valence-electron chi connectivity index (χ1n) is 8.77. The molecule has 25 heavy (non-hydrogen) atoms. The number of hydrogen-bond donors (Lipinski definition) is 1. The first-order chi connectivity index (χ1) is 11.4. The highest BCUT2D eigenvalue weighted by molar-refractivity contribution is 5.63. The van der Waals surface area contributed by atoms with Crippen LogP contribution in [0.5, 0.6) is 0 Å². The van der Waals surface area contributed by atoms with Gasteiger partial charge >= 0.3 is 0 Å². The van der Waals surface area contributed by atoms with Crippen LogP contribution in [0.4, 0.5) is 0 Å². The van der Waals surface area contributed by atoms with E-state index in [0.29, 0.717) is 0 Å². The van der Waals surface area contributed by atoms with Crippen molar-refractivity contribution in [1.82, 2.24) is 4.90 Å². The number of hydrogen-bond acceptors (Lipinski definition) is 2. The van der Waals surface area contributed by atoms with Gasteiger partial charge in [-0.05, 0) is 77.4 Å². The molecule has 2 heteroatoms. The summed E-state index contributed by atoms with van der Waals surface area (Å²) >= 11 is 0. The average molecular weight is 340 g/mol. The van der Waals surface area contributed by atoms with Crippen molar-refractivity contribution < 1.29 is 5.11 Å². The second-order valence-electron chi connectivity index (χ2n) is 8.38. The Morgan fingerprint density at radius 3 is 2.36 bits per heavy atom. The molecule has 0 aliphatic rings. The summed E-state index contributed by atoms with van der Waals surface area (Å²) in [4.78, 5) is 2.22. The number of allylic oxidation sites excluding steroid dienone is 2. The fraction of sp³-hybridized carbons (Fsp3) is 0.478. The van der Waals surface area contributed by atoms with E-state index in [1.54, 1.807) is 0 Å². The summed E-state index contributed by atoms with van der Waals surface area (Å²) in [6.07, 6.45) is 4.01. The zero-order valence-corrected chi connectivity index (χ0v) is 16.9. The zero-order chi connectivity index (χ0) is 19.3. The van der Waals surface area contributed by atoms with Gasteiger partial charge in [-0.15, -0.1) is 0 Å². The molecule has 0 bridgehead atoms. The molecule has 1 rings (SSSR count). The van der Waals surface area contributed by atoms with Gasteiger partial charge in [-0.2, -0.15) is 0 Å². The minimum Gasteiger partial charge on any atom is -0.386 e. The van der Waals surface area contributed by atoms with E-state index in [-0.39, 0.29) is 5.41 Å². The minimum atomic E-state index is -0.860. The van der Waals surface area contributed by atoms with E-state index in [2.05, 4.69) is 69.3 Å². The Labute approximate surface area is 154 Å². The van der Waals surface area contributed by atoms with E-state index >= 15 is 0 Å². The smallest absolute Gasteiger partial charge is 0.0840 e. The average Bonchev–Trinajstić information content (AvgIpc) is 2.44. The van der Waals surface area contributed by atoms with Crippen LogP contribution in [-0.4, -0.2) is 23.6 Å². The van der Waals surface area contributed by atoms with Crippen LogP contribution >= 0.6 is 0 Å². The lowest BCUT2D eigenvalue weighted by Gasteiger charge is -2.22. The Morgan fingerprint density at radius 1 is 1.20 bits per heavy atom. The Kier molecular flexibility index (Phi) is 7.23. The van der Waals surface area contributed by atoms with E-state index in [9.17, 15) is 5.11 Å². The number of likely N-dealkylation sites (N-methyl/N-ethyl adjacent to an activating group) is 1. The summed E-state index contributed by atoms with van der Waals surface area (Å²) in [6, 6.07) is 6.25. The highest BCUT2D eigenvalue weighted by Gasteiger charge is 2.17. The number of benzene rings is 1. The van der Waals surface area contributed by atoms with Gasteiger partial charge in [0.05, 0.1) is 5.60 Å². The quantitative estimate of drug-likeness (QED) is 0.739. The predicted molar refractivity (Wildman–Crippen MR) is 109 cm³/mol. The van der Waals surface area contributed by atoms with E-state index in [0.717, 1.165) is 29.8 Å². The SMILES string of the molecule is C=C(C)c1cc(CN(C)CC=CC#CC(C)(C)C)cc(C(C)(C)O)c1. The van der Waals surface area contributed by atoms with E-state index in [4.69, 9.17) is 0 Å². The normalized spacial score (nSPS) is 12.4. The van der Waals surface area contributed by atoms with Crippen molar-refractivity contribution in [3.05, 3.63) is 53.6 Å². The van der Waals surface area contributed by atoms with Crippen LogP contribution in [0.15, 0.2) is 36.9 Å². The molecule has 0 radical (unpaired) electrons. The third-order valence-electron chi connectivity index (χ3n) is 3.71. The van der Waals surface area contributed by atoms with Crippen molar-refractivity contribution in [2.75, 3.05) is 13.6 Å². The molecule has 1 aromatic rings. The first kappa shape index (κ1) is 21.2. The summed E-state index contributed by atoms with van der Waals surface area (Å²) in [5.74, 6) is 6.29. The molecule has 0 fully saturated rings. The zero-order valence-electron chi connectivity index (χ0n) is 16.9. The summed E-state index contributed by atoms with van der Waals surface area (Å²) < 4.78 is 0. The molecule has 0 aliphatic carbocycles. The highest BCUT2D eigenvalue weighted by Crippen LogP contribution is 2.25. The predicted octanol–water partition coefficient (Wildman–Crippen LogP) is 4.98. The van der Waals surface area contributed by atoms with Crippen LogP contribution in [0.2, 0.25) is 0 Å². The van der Waals surface area contributed by atoms with Gasteiger partial charge in [0.1, 0.15) is 0 Å². The lowest BCUT2D eigenvalue weighted by atomic mass is 9.92. The topological polar surface area (TPSA) is 23.5 Å². The molecule has 1 aromatic carbocycles. The van der Waals surface area contributed by atoms with E-state index in [1.807, 2.05) is 32.9 Å². The molecule has 0 heterocycles. The van der Waals surface area contributed by atoms with Crippen molar-refractivity contribution in [2.45, 2.75) is 53.7 Å². The lowest BCUT2D eigenvalue weighted by Crippen LogP contribution is -2.20. The fourth-order valence-corrected chi connectivity index (χ4v) is 2.31. The maximum Gasteiger partial charge on any atom is 0.0840 e. The molecule has 2 nitrogen and oxygen atoms in total. The third kappa shape index (κ3) is 8.20. The minimum absolute atomic E-state index is 0.0345. The maximum atomic E-state index is 10.4. The van der Waals surface area contributed by atoms with Crippen LogP contribution in [0.25, 0.3) is 5.57 Å². The highest BCUT2D eigenvalue weighted by atomic mass is 16.3. The summed E-state index contributed by atoms with van der Waals surface area (Å²) in [6.45, 7) is 17.6. The molecular weight excluding hydrogens is 306 g/mol. The molecule has 0 aromatic heterocycles. The molecule has 136 valence electrons. The molecular formula is C23H33NO. The second-order valence-corrected chi connectivity index (χ2v) is 8.38. The summed E-state index contributed by atoms with van der Waals surface area (Å²) in [5, 5.41) is 10.4. The van der Waals surface area contributed by atoms with Gasteiger partial charge in [0, 0.05) is 18.5 Å². The molecule has 0 saturated carbocycles. The molecule has 0 spiro atoms. The van der Waals surface area contributed by atoms with Crippen molar-refractivity contribution in [2.24, 2.45) is 5.41 Å². The van der Waals surface area contributed by atoms with Crippen LogP contribution in [-0.2, 0) is 12.1 Å². The summed E-state index contributed by atoms with van der Waals surface area (Å²) in [5.41, 5.74) is 3.35.